The van der Waals surface area contributed by atoms with E-state index >= 15 is 0 Å². The van der Waals surface area contributed by atoms with Crippen molar-refractivity contribution in [3.63, 3.8) is 0 Å². The van der Waals surface area contributed by atoms with E-state index in [1.807, 2.05) is 37.3 Å². The normalized spacial score (nSPS) is 14.6. The SMILES string of the molecule is Cc1ccc(-c2cc(C(=O)N3CCOCC3)n(-c3ccccc3Cl)n2)o1. The van der Waals surface area contributed by atoms with Gasteiger partial charge >= 0.3 is 0 Å². The number of aromatic nitrogens is 2. The van der Waals surface area contributed by atoms with Gasteiger partial charge in [-0.1, -0.05) is 23.7 Å². The van der Waals surface area contributed by atoms with Crippen molar-refractivity contribution in [2.45, 2.75) is 6.92 Å². The lowest BCUT2D eigenvalue weighted by Gasteiger charge is -2.26. The Balaban J connectivity index is 1.81. The van der Waals surface area contributed by atoms with Gasteiger partial charge in [-0.2, -0.15) is 5.10 Å². The number of para-hydroxylation sites is 1. The molecule has 6 nitrogen and oxygen atoms in total. The summed E-state index contributed by atoms with van der Waals surface area (Å²) in [6, 6.07) is 12.8. The molecule has 1 saturated heterocycles. The minimum atomic E-state index is -0.102. The molecular formula is C19H18ClN3O3. The van der Waals surface area contributed by atoms with Gasteiger partial charge in [-0.3, -0.25) is 4.79 Å². The number of benzene rings is 1. The zero-order valence-electron chi connectivity index (χ0n) is 14.3. The van der Waals surface area contributed by atoms with E-state index < -0.39 is 0 Å². The van der Waals surface area contributed by atoms with Crippen molar-refractivity contribution in [2.24, 2.45) is 0 Å². The molecule has 0 saturated carbocycles. The first-order valence-corrected chi connectivity index (χ1v) is 8.80. The van der Waals surface area contributed by atoms with Gasteiger partial charge in [-0.15, -0.1) is 0 Å². The molecule has 0 radical (unpaired) electrons. The minimum Gasteiger partial charge on any atom is -0.460 e. The van der Waals surface area contributed by atoms with Crippen molar-refractivity contribution >= 4 is 17.5 Å². The second-order valence-corrected chi connectivity index (χ2v) is 6.50. The van der Waals surface area contributed by atoms with Crippen molar-refractivity contribution in [3.05, 3.63) is 58.9 Å². The van der Waals surface area contributed by atoms with Crippen LogP contribution in [-0.2, 0) is 4.74 Å². The van der Waals surface area contributed by atoms with E-state index in [2.05, 4.69) is 5.10 Å². The molecule has 1 fully saturated rings. The average Bonchev–Trinajstić information content (AvgIpc) is 3.29. The Morgan fingerprint density at radius 3 is 2.62 bits per heavy atom. The summed E-state index contributed by atoms with van der Waals surface area (Å²) >= 11 is 6.35. The van der Waals surface area contributed by atoms with E-state index in [0.29, 0.717) is 54.2 Å². The van der Waals surface area contributed by atoms with Crippen molar-refractivity contribution < 1.29 is 13.9 Å². The molecule has 7 heteroatoms. The third kappa shape index (κ3) is 3.13. The van der Waals surface area contributed by atoms with Crippen LogP contribution in [0.1, 0.15) is 16.2 Å². The van der Waals surface area contributed by atoms with Gasteiger partial charge in [0.25, 0.3) is 5.91 Å². The van der Waals surface area contributed by atoms with Crippen LogP contribution in [-0.4, -0.2) is 46.9 Å². The van der Waals surface area contributed by atoms with E-state index in [-0.39, 0.29) is 5.91 Å². The molecule has 0 aliphatic carbocycles. The molecule has 3 heterocycles. The number of furan rings is 1. The van der Waals surface area contributed by atoms with Gasteiger partial charge in [0.05, 0.1) is 23.9 Å². The third-order valence-electron chi connectivity index (χ3n) is 4.30. The highest BCUT2D eigenvalue weighted by Crippen LogP contribution is 2.27. The van der Waals surface area contributed by atoms with Crippen LogP contribution in [0.15, 0.2) is 46.9 Å². The standard InChI is InChI=1S/C19H18ClN3O3/c1-13-6-7-18(26-13)15-12-17(19(24)22-8-10-25-11-9-22)23(21-15)16-5-3-2-4-14(16)20/h2-7,12H,8-11H2,1H3. The van der Waals surface area contributed by atoms with E-state index in [1.165, 1.54) is 0 Å². The number of nitrogens with zero attached hydrogens (tertiary/aromatic N) is 3. The molecule has 0 bridgehead atoms. The number of carbonyl (C=O) groups excluding carboxylic acids is 1. The molecule has 1 aliphatic heterocycles. The van der Waals surface area contributed by atoms with Crippen molar-refractivity contribution in [3.8, 4) is 17.1 Å². The first kappa shape index (κ1) is 16.9. The molecule has 1 aromatic carbocycles. The molecule has 0 unspecified atom stereocenters. The summed E-state index contributed by atoms with van der Waals surface area (Å²) in [6.07, 6.45) is 0. The van der Waals surface area contributed by atoms with E-state index in [4.69, 9.17) is 20.8 Å². The Kier molecular flexibility index (Phi) is 4.53. The summed E-state index contributed by atoms with van der Waals surface area (Å²) in [5, 5.41) is 5.12. The number of rotatable bonds is 3. The molecule has 2 aromatic heterocycles. The predicted octanol–water partition coefficient (Wildman–Crippen LogP) is 3.57. The van der Waals surface area contributed by atoms with Crippen molar-refractivity contribution in [2.75, 3.05) is 26.3 Å². The van der Waals surface area contributed by atoms with Crippen LogP contribution < -0.4 is 0 Å². The lowest BCUT2D eigenvalue weighted by Crippen LogP contribution is -2.41. The largest absolute Gasteiger partial charge is 0.460 e. The van der Waals surface area contributed by atoms with Gasteiger partial charge in [0.1, 0.15) is 17.1 Å². The summed E-state index contributed by atoms with van der Waals surface area (Å²) in [6.45, 7) is 4.06. The molecule has 1 aliphatic rings. The minimum absolute atomic E-state index is 0.102. The first-order valence-electron chi connectivity index (χ1n) is 8.42. The number of amides is 1. The second-order valence-electron chi connectivity index (χ2n) is 6.09. The second kappa shape index (κ2) is 6.97. The van der Waals surface area contributed by atoms with Crippen LogP contribution in [0.3, 0.4) is 0 Å². The third-order valence-corrected chi connectivity index (χ3v) is 4.62. The van der Waals surface area contributed by atoms with E-state index in [9.17, 15) is 4.79 Å². The Morgan fingerprint density at radius 1 is 1.15 bits per heavy atom. The van der Waals surface area contributed by atoms with E-state index in [0.717, 1.165) is 5.76 Å². The molecule has 134 valence electrons. The molecular weight excluding hydrogens is 354 g/mol. The quantitative estimate of drug-likeness (QED) is 0.706. The zero-order valence-corrected chi connectivity index (χ0v) is 15.1. The lowest BCUT2D eigenvalue weighted by atomic mass is 10.2. The number of carbonyl (C=O) groups is 1. The smallest absolute Gasteiger partial charge is 0.272 e. The van der Waals surface area contributed by atoms with Gasteiger partial charge in [0.2, 0.25) is 0 Å². The molecule has 0 atom stereocenters. The Labute approximate surface area is 155 Å². The van der Waals surface area contributed by atoms with Crippen molar-refractivity contribution in [1.82, 2.24) is 14.7 Å². The van der Waals surface area contributed by atoms with Gasteiger partial charge in [0.15, 0.2) is 5.76 Å². The fraction of sp³-hybridized carbons (Fsp3) is 0.263. The Bertz CT molecular complexity index is 941. The summed E-state index contributed by atoms with van der Waals surface area (Å²) in [7, 11) is 0. The summed E-state index contributed by atoms with van der Waals surface area (Å²) in [5.41, 5.74) is 1.69. The predicted molar refractivity (Wildman–Crippen MR) is 97.7 cm³/mol. The maximum atomic E-state index is 13.1. The number of hydrogen-bond acceptors (Lipinski definition) is 4. The van der Waals surface area contributed by atoms with Crippen LogP contribution in [0.25, 0.3) is 17.1 Å². The van der Waals surface area contributed by atoms with Crippen LogP contribution >= 0.6 is 11.6 Å². The highest BCUT2D eigenvalue weighted by Gasteiger charge is 2.25. The highest BCUT2D eigenvalue weighted by molar-refractivity contribution is 6.32. The van der Waals surface area contributed by atoms with Gasteiger partial charge in [-0.25, -0.2) is 4.68 Å². The molecule has 3 aromatic rings. The number of ether oxygens (including phenoxy) is 1. The van der Waals surface area contributed by atoms with Crippen LogP contribution in [0.5, 0.6) is 0 Å². The Morgan fingerprint density at radius 2 is 1.92 bits per heavy atom. The van der Waals surface area contributed by atoms with Gasteiger partial charge in [-0.05, 0) is 31.2 Å². The molecule has 0 spiro atoms. The number of hydrogen-bond donors (Lipinski definition) is 0. The molecule has 26 heavy (non-hydrogen) atoms. The van der Waals surface area contributed by atoms with Crippen LogP contribution in [0.4, 0.5) is 0 Å². The first-order chi connectivity index (χ1) is 12.6. The Hall–Kier alpha value is -2.57. The average molecular weight is 372 g/mol. The number of halogens is 1. The molecule has 4 rings (SSSR count). The highest BCUT2D eigenvalue weighted by atomic mass is 35.5. The van der Waals surface area contributed by atoms with E-state index in [1.54, 1.807) is 21.7 Å². The summed E-state index contributed by atoms with van der Waals surface area (Å²) in [5.74, 6) is 1.30. The zero-order chi connectivity index (χ0) is 18.1. The van der Waals surface area contributed by atoms with Gasteiger partial charge in [0, 0.05) is 19.2 Å². The summed E-state index contributed by atoms with van der Waals surface area (Å²) < 4.78 is 12.6. The topological polar surface area (TPSA) is 60.5 Å². The number of aryl methyl sites for hydroxylation is 1. The van der Waals surface area contributed by atoms with Crippen LogP contribution in [0.2, 0.25) is 5.02 Å². The van der Waals surface area contributed by atoms with Gasteiger partial charge < -0.3 is 14.1 Å². The summed E-state index contributed by atoms with van der Waals surface area (Å²) in [4.78, 5) is 14.9. The number of morpholine rings is 1. The molecule has 1 amide bonds. The maximum Gasteiger partial charge on any atom is 0.272 e. The lowest BCUT2D eigenvalue weighted by molar-refractivity contribution is 0.0297. The molecule has 0 N–H and O–H groups in total. The van der Waals surface area contributed by atoms with Crippen LogP contribution in [0, 0.1) is 6.92 Å². The van der Waals surface area contributed by atoms with Crippen molar-refractivity contribution in [1.29, 1.82) is 0 Å². The fourth-order valence-electron chi connectivity index (χ4n) is 2.96. The monoisotopic (exact) mass is 371 g/mol. The maximum absolute atomic E-state index is 13.1. The fourth-order valence-corrected chi connectivity index (χ4v) is 3.18.